The molecule has 8 nitrogen and oxygen atoms in total. The number of rotatable bonds is 5. The molecule has 1 aromatic carbocycles. The van der Waals surface area contributed by atoms with E-state index in [1.165, 1.54) is 17.2 Å². The number of halogens is 2. The Kier molecular flexibility index (Phi) is 5.40. The van der Waals surface area contributed by atoms with Gasteiger partial charge in [0.25, 0.3) is 0 Å². The molecule has 24 heavy (non-hydrogen) atoms. The predicted molar refractivity (Wildman–Crippen MR) is 80.9 cm³/mol. The van der Waals surface area contributed by atoms with Gasteiger partial charge in [0, 0.05) is 26.2 Å². The minimum atomic E-state index is -0.735. The van der Waals surface area contributed by atoms with Crippen molar-refractivity contribution in [3.63, 3.8) is 0 Å². The van der Waals surface area contributed by atoms with E-state index >= 15 is 0 Å². The number of hydrogen-bond acceptors (Lipinski definition) is 4. The molecule has 0 radical (unpaired) electrons. The molecule has 0 unspecified atom stereocenters. The summed E-state index contributed by atoms with van der Waals surface area (Å²) in [7, 11) is 3.13. The summed E-state index contributed by atoms with van der Waals surface area (Å²) in [5.74, 6) is -1.82. The van der Waals surface area contributed by atoms with Crippen molar-refractivity contribution in [2.24, 2.45) is 0 Å². The molecule has 0 atom stereocenters. The quantitative estimate of drug-likeness (QED) is 0.850. The molecule has 0 bridgehead atoms. The second-order valence-electron chi connectivity index (χ2n) is 5.06. The summed E-state index contributed by atoms with van der Waals surface area (Å²) in [5, 5.41) is 12.6. The van der Waals surface area contributed by atoms with Gasteiger partial charge in [0.05, 0.1) is 6.20 Å². The summed E-state index contributed by atoms with van der Waals surface area (Å²) in [4.78, 5) is 25.6. The van der Waals surface area contributed by atoms with Crippen LogP contribution in [0.4, 0.5) is 19.4 Å². The molecule has 0 aliphatic heterocycles. The minimum absolute atomic E-state index is 0.182. The van der Waals surface area contributed by atoms with Crippen LogP contribution in [0, 0.1) is 11.6 Å². The SMILES string of the molecule is CN(C)C(=O)Nc1cnn(CC(=O)NCc2c(F)cccc2F)n1. The third-order valence-corrected chi connectivity index (χ3v) is 2.99. The second kappa shape index (κ2) is 7.49. The third-order valence-electron chi connectivity index (χ3n) is 2.99. The lowest BCUT2D eigenvalue weighted by Gasteiger charge is -2.09. The van der Waals surface area contributed by atoms with E-state index in [0.29, 0.717) is 0 Å². The zero-order valence-corrected chi connectivity index (χ0v) is 13.1. The Morgan fingerprint density at radius 1 is 1.25 bits per heavy atom. The fraction of sp³-hybridized carbons (Fsp3) is 0.286. The monoisotopic (exact) mass is 338 g/mol. The highest BCUT2D eigenvalue weighted by atomic mass is 19.1. The summed E-state index contributed by atoms with van der Waals surface area (Å²) in [6.07, 6.45) is 1.28. The van der Waals surface area contributed by atoms with Crippen LogP contribution in [-0.2, 0) is 17.9 Å². The van der Waals surface area contributed by atoms with E-state index < -0.39 is 17.5 Å². The lowest BCUT2D eigenvalue weighted by molar-refractivity contribution is -0.122. The fourth-order valence-corrected chi connectivity index (χ4v) is 1.72. The van der Waals surface area contributed by atoms with Crippen molar-refractivity contribution in [2.75, 3.05) is 19.4 Å². The van der Waals surface area contributed by atoms with E-state index in [9.17, 15) is 18.4 Å². The van der Waals surface area contributed by atoms with Crippen LogP contribution in [0.5, 0.6) is 0 Å². The van der Waals surface area contributed by atoms with Crippen LogP contribution < -0.4 is 10.6 Å². The topological polar surface area (TPSA) is 92.2 Å². The van der Waals surface area contributed by atoms with Gasteiger partial charge in [-0.05, 0) is 12.1 Å². The Morgan fingerprint density at radius 2 is 1.92 bits per heavy atom. The minimum Gasteiger partial charge on any atom is -0.350 e. The summed E-state index contributed by atoms with van der Waals surface area (Å²) in [6.45, 7) is -0.545. The molecule has 2 aromatic rings. The number of anilines is 1. The Morgan fingerprint density at radius 3 is 2.54 bits per heavy atom. The van der Waals surface area contributed by atoms with Crippen molar-refractivity contribution in [2.45, 2.75) is 13.1 Å². The molecule has 0 aliphatic carbocycles. The number of carbonyl (C=O) groups excluding carboxylic acids is 2. The van der Waals surface area contributed by atoms with E-state index in [1.807, 2.05) is 0 Å². The van der Waals surface area contributed by atoms with E-state index in [1.54, 1.807) is 14.1 Å². The molecular formula is C14H16F2N6O2. The third kappa shape index (κ3) is 4.48. The summed E-state index contributed by atoms with van der Waals surface area (Å²) >= 11 is 0. The van der Waals surface area contributed by atoms with Crippen molar-refractivity contribution in [3.8, 4) is 0 Å². The molecule has 1 heterocycles. The van der Waals surface area contributed by atoms with Crippen LogP contribution in [0.1, 0.15) is 5.56 Å². The van der Waals surface area contributed by atoms with Gasteiger partial charge >= 0.3 is 6.03 Å². The van der Waals surface area contributed by atoms with E-state index in [4.69, 9.17) is 0 Å². The van der Waals surface area contributed by atoms with Gasteiger partial charge < -0.3 is 10.2 Å². The fourth-order valence-electron chi connectivity index (χ4n) is 1.72. The summed E-state index contributed by atoms with van der Waals surface area (Å²) in [5.41, 5.74) is -0.224. The highest BCUT2D eigenvalue weighted by Gasteiger charge is 2.12. The number of urea groups is 1. The molecule has 1 aromatic heterocycles. The van der Waals surface area contributed by atoms with E-state index in [-0.39, 0.29) is 30.5 Å². The number of hydrogen-bond donors (Lipinski definition) is 2. The first-order valence-electron chi connectivity index (χ1n) is 6.95. The van der Waals surface area contributed by atoms with Crippen LogP contribution in [0.3, 0.4) is 0 Å². The van der Waals surface area contributed by atoms with Crippen LogP contribution in [0.25, 0.3) is 0 Å². The number of nitrogens with zero attached hydrogens (tertiary/aromatic N) is 4. The average molecular weight is 338 g/mol. The Labute approximate surface area is 136 Å². The van der Waals surface area contributed by atoms with Gasteiger partial charge in [-0.25, -0.2) is 13.6 Å². The van der Waals surface area contributed by atoms with Crippen molar-refractivity contribution in [1.82, 2.24) is 25.2 Å². The van der Waals surface area contributed by atoms with Gasteiger partial charge in [0.2, 0.25) is 5.91 Å². The molecule has 2 rings (SSSR count). The van der Waals surface area contributed by atoms with Gasteiger partial charge in [0.15, 0.2) is 5.82 Å². The molecule has 3 amide bonds. The number of nitrogens with one attached hydrogen (secondary N) is 2. The van der Waals surface area contributed by atoms with E-state index in [2.05, 4.69) is 20.8 Å². The molecule has 0 spiro atoms. The van der Waals surface area contributed by atoms with Crippen LogP contribution in [-0.4, -0.2) is 45.9 Å². The zero-order chi connectivity index (χ0) is 17.7. The summed E-state index contributed by atoms with van der Waals surface area (Å²) < 4.78 is 26.9. The Bertz CT molecular complexity index is 726. The highest BCUT2D eigenvalue weighted by Crippen LogP contribution is 2.11. The second-order valence-corrected chi connectivity index (χ2v) is 5.06. The standard InChI is InChI=1S/C14H16F2N6O2/c1-21(2)14(24)19-12-7-18-22(20-12)8-13(23)17-6-9-10(15)4-3-5-11(9)16/h3-5,7H,6,8H2,1-2H3,(H,17,23)(H,19,20,24). The normalized spacial score (nSPS) is 10.3. The predicted octanol–water partition coefficient (Wildman–Crippen LogP) is 0.966. The molecule has 0 aliphatic rings. The summed E-state index contributed by atoms with van der Waals surface area (Å²) in [6, 6.07) is 3.08. The van der Waals surface area contributed by atoms with Crippen LogP contribution in [0.15, 0.2) is 24.4 Å². The Hall–Kier alpha value is -3.04. The first kappa shape index (κ1) is 17.3. The van der Waals surface area contributed by atoms with Crippen molar-refractivity contribution in [3.05, 3.63) is 41.6 Å². The van der Waals surface area contributed by atoms with Gasteiger partial charge in [-0.15, -0.1) is 5.10 Å². The first-order chi connectivity index (χ1) is 11.4. The number of amides is 3. The van der Waals surface area contributed by atoms with Crippen molar-refractivity contribution >= 4 is 17.8 Å². The van der Waals surface area contributed by atoms with Crippen molar-refractivity contribution in [1.29, 1.82) is 0 Å². The highest BCUT2D eigenvalue weighted by molar-refractivity contribution is 5.87. The molecule has 10 heteroatoms. The maximum absolute atomic E-state index is 13.5. The molecule has 0 saturated carbocycles. The van der Waals surface area contributed by atoms with Crippen LogP contribution in [0.2, 0.25) is 0 Å². The van der Waals surface area contributed by atoms with Gasteiger partial charge in [-0.1, -0.05) is 6.07 Å². The molecular weight excluding hydrogens is 322 g/mol. The van der Waals surface area contributed by atoms with Gasteiger partial charge in [-0.2, -0.15) is 9.90 Å². The average Bonchev–Trinajstić information content (AvgIpc) is 2.93. The van der Waals surface area contributed by atoms with E-state index in [0.717, 1.165) is 16.9 Å². The lowest BCUT2D eigenvalue weighted by Crippen LogP contribution is -2.29. The first-order valence-corrected chi connectivity index (χ1v) is 6.95. The zero-order valence-electron chi connectivity index (χ0n) is 13.1. The molecule has 2 N–H and O–H groups in total. The maximum Gasteiger partial charge on any atom is 0.322 e. The number of benzene rings is 1. The molecule has 0 fully saturated rings. The smallest absolute Gasteiger partial charge is 0.322 e. The number of aromatic nitrogens is 3. The van der Waals surface area contributed by atoms with Crippen molar-refractivity contribution < 1.29 is 18.4 Å². The molecule has 0 saturated heterocycles. The van der Waals surface area contributed by atoms with Crippen LogP contribution >= 0.6 is 0 Å². The largest absolute Gasteiger partial charge is 0.350 e. The lowest BCUT2D eigenvalue weighted by atomic mass is 10.2. The molecule has 128 valence electrons. The Balaban J connectivity index is 1.89. The number of carbonyl (C=O) groups is 2. The van der Waals surface area contributed by atoms with Gasteiger partial charge in [-0.3, -0.25) is 10.1 Å². The maximum atomic E-state index is 13.5. The van der Waals surface area contributed by atoms with Gasteiger partial charge in [0.1, 0.15) is 18.2 Å².